The van der Waals surface area contributed by atoms with Crippen molar-refractivity contribution in [1.82, 2.24) is 4.90 Å². The molecule has 1 heterocycles. The zero-order valence-electron chi connectivity index (χ0n) is 14.5. The van der Waals surface area contributed by atoms with E-state index in [0.29, 0.717) is 23.0 Å². The summed E-state index contributed by atoms with van der Waals surface area (Å²) in [5.41, 5.74) is 3.57. The number of aryl methyl sites for hydroxylation is 1. The second-order valence-corrected chi connectivity index (χ2v) is 8.24. The highest BCUT2D eigenvalue weighted by Gasteiger charge is 2.37. The number of phenolic OH excluding ortho intramolecular Hbond substituents is 1. The minimum absolute atomic E-state index is 0.202. The molecule has 3 unspecified atom stereocenters. The number of rotatable bonds is 3. The zero-order chi connectivity index (χ0) is 18.3. The van der Waals surface area contributed by atoms with E-state index in [2.05, 4.69) is 4.90 Å². The fourth-order valence-corrected chi connectivity index (χ4v) is 4.84. The Morgan fingerprint density at radius 2 is 1.92 bits per heavy atom. The molecule has 1 N–H and O–H groups in total. The van der Waals surface area contributed by atoms with Crippen LogP contribution in [0.5, 0.6) is 5.75 Å². The lowest BCUT2D eigenvalue weighted by Crippen LogP contribution is -2.42. The van der Waals surface area contributed by atoms with Crippen LogP contribution in [0.1, 0.15) is 35.4 Å². The predicted octanol–water partition coefficient (Wildman–Crippen LogP) is 5.38. The molecule has 0 amide bonds. The van der Waals surface area contributed by atoms with Crippen molar-refractivity contribution in [2.45, 2.75) is 43.8 Å². The first-order valence-electron chi connectivity index (χ1n) is 9.15. The van der Waals surface area contributed by atoms with Crippen molar-refractivity contribution in [2.75, 3.05) is 13.1 Å². The Bertz CT molecular complexity index is 813. The van der Waals surface area contributed by atoms with Gasteiger partial charge in [-0.25, -0.2) is 4.39 Å². The van der Waals surface area contributed by atoms with E-state index < -0.39 is 6.17 Å². The first kappa shape index (κ1) is 18.1. The third-order valence-corrected chi connectivity index (χ3v) is 6.51. The van der Waals surface area contributed by atoms with Gasteiger partial charge in [0.05, 0.1) is 10.0 Å². The molecule has 0 aromatic heterocycles. The summed E-state index contributed by atoms with van der Waals surface area (Å²) in [6, 6.07) is 11.7. The van der Waals surface area contributed by atoms with Crippen LogP contribution < -0.4 is 0 Å². The van der Waals surface area contributed by atoms with Crippen LogP contribution in [-0.2, 0) is 12.8 Å². The number of phenols is 1. The van der Waals surface area contributed by atoms with E-state index in [9.17, 15) is 9.50 Å². The summed E-state index contributed by atoms with van der Waals surface area (Å²) in [7, 11) is 0. The number of likely N-dealkylation sites (tertiary alicyclic amines) is 1. The van der Waals surface area contributed by atoms with E-state index in [4.69, 9.17) is 23.2 Å². The Labute approximate surface area is 163 Å². The Hall–Kier alpha value is -1.29. The van der Waals surface area contributed by atoms with E-state index in [1.807, 2.05) is 30.3 Å². The Morgan fingerprint density at radius 1 is 1.08 bits per heavy atom. The molecular weight excluding hydrogens is 372 g/mol. The fourth-order valence-electron chi connectivity index (χ4n) is 4.51. The van der Waals surface area contributed by atoms with Gasteiger partial charge in [-0.2, -0.15) is 0 Å². The molecule has 26 heavy (non-hydrogen) atoms. The largest absolute Gasteiger partial charge is 0.508 e. The van der Waals surface area contributed by atoms with Gasteiger partial charge in [0.2, 0.25) is 0 Å². The van der Waals surface area contributed by atoms with Crippen LogP contribution in [0.2, 0.25) is 10.0 Å². The van der Waals surface area contributed by atoms with Crippen molar-refractivity contribution >= 4 is 23.2 Å². The topological polar surface area (TPSA) is 23.5 Å². The van der Waals surface area contributed by atoms with Gasteiger partial charge in [0.1, 0.15) is 11.9 Å². The van der Waals surface area contributed by atoms with Gasteiger partial charge in [-0.05, 0) is 66.6 Å². The molecule has 2 aromatic rings. The smallest absolute Gasteiger partial charge is 0.115 e. The number of nitrogens with zero attached hydrogens (tertiary/aromatic N) is 1. The molecule has 2 nitrogen and oxygen atoms in total. The van der Waals surface area contributed by atoms with Crippen molar-refractivity contribution < 1.29 is 9.50 Å². The first-order chi connectivity index (χ1) is 12.5. The van der Waals surface area contributed by atoms with Gasteiger partial charge in [-0.3, -0.25) is 4.90 Å². The average molecular weight is 394 g/mol. The Morgan fingerprint density at radius 3 is 2.65 bits per heavy atom. The molecule has 5 heteroatoms. The molecule has 1 aliphatic heterocycles. The maximum atomic E-state index is 13.8. The number of fused-ring (bicyclic) bond motifs is 1. The highest BCUT2D eigenvalue weighted by atomic mass is 35.5. The van der Waals surface area contributed by atoms with Crippen LogP contribution in [0, 0.1) is 0 Å². The molecule has 1 saturated heterocycles. The zero-order valence-corrected chi connectivity index (χ0v) is 16.0. The average Bonchev–Trinajstić information content (AvgIpc) is 3.05. The summed E-state index contributed by atoms with van der Waals surface area (Å²) >= 11 is 12.3. The van der Waals surface area contributed by atoms with E-state index in [-0.39, 0.29) is 17.7 Å². The van der Waals surface area contributed by atoms with Crippen LogP contribution in [0.25, 0.3) is 0 Å². The lowest BCUT2D eigenvalue weighted by molar-refractivity contribution is 0.175. The third kappa shape index (κ3) is 3.58. The number of alkyl halides is 1. The summed E-state index contributed by atoms with van der Waals surface area (Å²) in [4.78, 5) is 2.29. The SMILES string of the molecule is Oc1ccc2c(c1)C(Cc1ccc(Cl)c(Cl)c1)C(N1CCC(F)C1)CC2. The van der Waals surface area contributed by atoms with Gasteiger partial charge < -0.3 is 5.11 Å². The van der Waals surface area contributed by atoms with Gasteiger partial charge in [0, 0.05) is 25.0 Å². The van der Waals surface area contributed by atoms with Gasteiger partial charge in [0.15, 0.2) is 0 Å². The van der Waals surface area contributed by atoms with Gasteiger partial charge in [-0.1, -0.05) is 35.3 Å². The normalized spacial score (nSPS) is 26.0. The summed E-state index contributed by atoms with van der Waals surface area (Å²) < 4.78 is 13.8. The molecule has 0 bridgehead atoms. The van der Waals surface area contributed by atoms with Crippen molar-refractivity contribution in [3.05, 3.63) is 63.1 Å². The molecule has 0 spiro atoms. The molecule has 3 atom stereocenters. The third-order valence-electron chi connectivity index (χ3n) is 5.77. The molecule has 2 aliphatic rings. The minimum atomic E-state index is -0.730. The van der Waals surface area contributed by atoms with Crippen molar-refractivity contribution in [2.24, 2.45) is 0 Å². The molecule has 138 valence electrons. The van der Waals surface area contributed by atoms with Gasteiger partial charge >= 0.3 is 0 Å². The maximum absolute atomic E-state index is 13.8. The quantitative estimate of drug-likeness (QED) is 0.755. The lowest BCUT2D eigenvalue weighted by Gasteiger charge is -2.39. The molecule has 1 aliphatic carbocycles. The van der Waals surface area contributed by atoms with E-state index in [1.54, 1.807) is 6.07 Å². The summed E-state index contributed by atoms with van der Waals surface area (Å²) in [5.74, 6) is 0.488. The van der Waals surface area contributed by atoms with Crippen LogP contribution in [-0.4, -0.2) is 35.3 Å². The van der Waals surface area contributed by atoms with Crippen LogP contribution in [0.4, 0.5) is 4.39 Å². The molecule has 0 saturated carbocycles. The molecule has 2 aromatic carbocycles. The second kappa shape index (κ2) is 7.38. The summed E-state index contributed by atoms with van der Waals surface area (Å²) in [5, 5.41) is 11.1. The lowest BCUT2D eigenvalue weighted by atomic mass is 9.75. The number of halogens is 3. The molecule has 0 radical (unpaired) electrons. The highest BCUT2D eigenvalue weighted by molar-refractivity contribution is 6.42. The molecular formula is C21H22Cl2FNO. The highest BCUT2D eigenvalue weighted by Crippen LogP contribution is 2.40. The first-order valence-corrected chi connectivity index (χ1v) is 9.90. The standard InChI is InChI=1S/C21H22Cl2FNO/c22-19-5-1-13(10-20(19)23)9-18-17-11-16(26)4-2-14(17)3-6-21(18)25-8-7-15(24)12-25/h1-2,4-5,10-11,15,18,21,26H,3,6-9,12H2. The van der Waals surface area contributed by atoms with Crippen molar-refractivity contribution in [3.8, 4) is 5.75 Å². The van der Waals surface area contributed by atoms with Crippen molar-refractivity contribution in [3.63, 3.8) is 0 Å². The number of hydrogen-bond donors (Lipinski definition) is 1. The van der Waals surface area contributed by atoms with Crippen LogP contribution in [0.3, 0.4) is 0 Å². The number of benzene rings is 2. The monoisotopic (exact) mass is 393 g/mol. The second-order valence-electron chi connectivity index (χ2n) is 7.43. The Balaban J connectivity index is 1.69. The molecule has 4 rings (SSSR count). The maximum Gasteiger partial charge on any atom is 0.115 e. The number of hydrogen-bond acceptors (Lipinski definition) is 2. The fraction of sp³-hybridized carbons (Fsp3) is 0.429. The summed E-state index contributed by atoms with van der Waals surface area (Å²) in [6.07, 6.45) is 2.65. The Kier molecular flexibility index (Phi) is 5.13. The van der Waals surface area contributed by atoms with Crippen LogP contribution >= 0.6 is 23.2 Å². The number of aromatic hydroxyl groups is 1. The van der Waals surface area contributed by atoms with Gasteiger partial charge in [0.25, 0.3) is 0 Å². The van der Waals surface area contributed by atoms with E-state index in [0.717, 1.165) is 31.4 Å². The minimum Gasteiger partial charge on any atom is -0.508 e. The van der Waals surface area contributed by atoms with Crippen LogP contribution in [0.15, 0.2) is 36.4 Å². The van der Waals surface area contributed by atoms with E-state index >= 15 is 0 Å². The van der Waals surface area contributed by atoms with E-state index in [1.165, 1.54) is 11.1 Å². The van der Waals surface area contributed by atoms with Gasteiger partial charge in [-0.15, -0.1) is 0 Å². The molecule has 1 fully saturated rings. The summed E-state index contributed by atoms with van der Waals surface area (Å²) in [6.45, 7) is 1.31. The predicted molar refractivity (Wildman–Crippen MR) is 104 cm³/mol. The van der Waals surface area contributed by atoms with Crippen molar-refractivity contribution in [1.29, 1.82) is 0 Å².